The molecule has 0 radical (unpaired) electrons. The highest BCUT2D eigenvalue weighted by Gasteiger charge is 2.23. The Morgan fingerprint density at radius 1 is 1.58 bits per heavy atom. The van der Waals surface area contributed by atoms with E-state index in [2.05, 4.69) is 4.90 Å². The average Bonchev–Trinajstić information content (AvgIpc) is 2.85. The number of nitrogens with zero attached hydrogens (tertiary/aromatic N) is 2. The van der Waals surface area contributed by atoms with Crippen molar-refractivity contribution in [2.45, 2.75) is 19.3 Å². The SMILES string of the molecule is N#Cc1ccc(N2CCC(CCC(=O)O)C2)cc1Cl. The molecule has 0 aromatic heterocycles. The van der Waals surface area contributed by atoms with E-state index in [-0.39, 0.29) is 6.42 Å². The number of carboxylic acids is 1. The van der Waals surface area contributed by atoms with Gasteiger partial charge in [-0.3, -0.25) is 4.79 Å². The predicted octanol–water partition coefficient (Wildman–Crippen LogP) is 2.90. The van der Waals surface area contributed by atoms with Crippen molar-refractivity contribution in [3.05, 3.63) is 28.8 Å². The standard InChI is InChI=1S/C14H15ClN2O2/c15-13-7-12(3-2-11(13)8-16)17-6-5-10(9-17)1-4-14(18)19/h2-3,7,10H,1,4-6,9H2,(H,18,19). The van der Waals surface area contributed by atoms with Crippen LogP contribution in [0.15, 0.2) is 18.2 Å². The third-order valence-electron chi connectivity index (χ3n) is 3.49. The summed E-state index contributed by atoms with van der Waals surface area (Å²) in [6.45, 7) is 1.77. The summed E-state index contributed by atoms with van der Waals surface area (Å²) in [7, 11) is 0. The minimum absolute atomic E-state index is 0.229. The van der Waals surface area contributed by atoms with E-state index in [9.17, 15) is 4.79 Å². The Hall–Kier alpha value is -1.73. The zero-order valence-electron chi connectivity index (χ0n) is 10.5. The van der Waals surface area contributed by atoms with Gasteiger partial charge in [-0.1, -0.05) is 11.6 Å². The first kappa shape index (κ1) is 13.7. The number of aliphatic carboxylic acids is 1. The molecule has 0 bridgehead atoms. The summed E-state index contributed by atoms with van der Waals surface area (Å²) in [5.74, 6) is -0.314. The van der Waals surface area contributed by atoms with Gasteiger partial charge in [-0.15, -0.1) is 0 Å². The lowest BCUT2D eigenvalue weighted by molar-refractivity contribution is -0.137. The average molecular weight is 279 g/mol. The Kier molecular flexibility index (Phi) is 4.28. The van der Waals surface area contributed by atoms with E-state index in [1.807, 2.05) is 12.1 Å². The van der Waals surface area contributed by atoms with Gasteiger partial charge >= 0.3 is 5.97 Å². The molecule has 0 saturated carbocycles. The lowest BCUT2D eigenvalue weighted by atomic mass is 10.0. The molecule has 100 valence electrons. The first-order valence-electron chi connectivity index (χ1n) is 6.26. The largest absolute Gasteiger partial charge is 0.481 e. The Labute approximate surface area is 117 Å². The molecule has 1 atom stereocenters. The number of anilines is 1. The number of hydrogen-bond acceptors (Lipinski definition) is 3. The van der Waals surface area contributed by atoms with Crippen LogP contribution in [0, 0.1) is 17.2 Å². The first-order valence-corrected chi connectivity index (χ1v) is 6.64. The van der Waals surface area contributed by atoms with E-state index in [0.717, 1.165) is 31.6 Å². The van der Waals surface area contributed by atoms with Crippen LogP contribution in [-0.4, -0.2) is 24.2 Å². The van der Waals surface area contributed by atoms with Crippen molar-refractivity contribution in [3.63, 3.8) is 0 Å². The third kappa shape index (κ3) is 3.39. The van der Waals surface area contributed by atoms with Crippen molar-refractivity contribution >= 4 is 23.3 Å². The molecular formula is C14H15ClN2O2. The summed E-state index contributed by atoms with van der Waals surface area (Å²) in [5, 5.41) is 18.0. The zero-order valence-corrected chi connectivity index (χ0v) is 11.2. The number of rotatable bonds is 4. The number of hydrogen-bond donors (Lipinski definition) is 1. The molecule has 1 unspecified atom stereocenters. The van der Waals surface area contributed by atoms with Crippen molar-refractivity contribution in [2.24, 2.45) is 5.92 Å². The van der Waals surface area contributed by atoms with Crippen LogP contribution in [-0.2, 0) is 4.79 Å². The van der Waals surface area contributed by atoms with Crippen LogP contribution < -0.4 is 4.90 Å². The maximum absolute atomic E-state index is 10.6. The molecule has 5 heteroatoms. The van der Waals surface area contributed by atoms with Crippen LogP contribution in [0.4, 0.5) is 5.69 Å². The molecule has 1 saturated heterocycles. The number of carbonyl (C=O) groups is 1. The van der Waals surface area contributed by atoms with Crippen molar-refractivity contribution < 1.29 is 9.90 Å². The van der Waals surface area contributed by atoms with Gasteiger partial charge in [-0.2, -0.15) is 5.26 Å². The van der Waals surface area contributed by atoms with Crippen LogP contribution in [0.2, 0.25) is 5.02 Å². The monoisotopic (exact) mass is 278 g/mol. The molecule has 2 rings (SSSR count). The van der Waals surface area contributed by atoms with Crippen molar-refractivity contribution in [2.75, 3.05) is 18.0 Å². The molecule has 1 aromatic rings. The third-order valence-corrected chi connectivity index (χ3v) is 3.80. The number of benzene rings is 1. The molecular weight excluding hydrogens is 264 g/mol. The summed E-state index contributed by atoms with van der Waals surface area (Å²) in [6, 6.07) is 7.46. The predicted molar refractivity (Wildman–Crippen MR) is 73.4 cm³/mol. The molecule has 1 aromatic carbocycles. The summed E-state index contributed by atoms with van der Waals surface area (Å²) >= 11 is 6.02. The van der Waals surface area contributed by atoms with Gasteiger partial charge in [0.25, 0.3) is 0 Å². The fraction of sp³-hybridized carbons (Fsp3) is 0.429. The van der Waals surface area contributed by atoms with Gasteiger partial charge in [0.15, 0.2) is 0 Å². The van der Waals surface area contributed by atoms with Crippen LogP contribution in [0.25, 0.3) is 0 Å². The van der Waals surface area contributed by atoms with Gasteiger partial charge in [0.1, 0.15) is 6.07 Å². The summed E-state index contributed by atoms with van der Waals surface area (Å²) < 4.78 is 0. The lowest BCUT2D eigenvalue weighted by Crippen LogP contribution is -2.19. The van der Waals surface area contributed by atoms with Gasteiger partial charge in [0.2, 0.25) is 0 Å². The zero-order chi connectivity index (χ0) is 13.8. The van der Waals surface area contributed by atoms with Gasteiger partial charge < -0.3 is 10.0 Å². The van der Waals surface area contributed by atoms with E-state index < -0.39 is 5.97 Å². The van der Waals surface area contributed by atoms with Gasteiger partial charge in [-0.05, 0) is 37.0 Å². The smallest absolute Gasteiger partial charge is 0.303 e. The second-order valence-corrected chi connectivity index (χ2v) is 5.22. The van der Waals surface area contributed by atoms with Gasteiger partial charge in [-0.25, -0.2) is 0 Å². The van der Waals surface area contributed by atoms with E-state index in [4.69, 9.17) is 22.0 Å². The fourth-order valence-corrected chi connectivity index (χ4v) is 2.64. The van der Waals surface area contributed by atoms with E-state index >= 15 is 0 Å². The Bertz CT molecular complexity index is 525. The highest BCUT2D eigenvalue weighted by atomic mass is 35.5. The highest BCUT2D eigenvalue weighted by molar-refractivity contribution is 6.32. The molecule has 1 fully saturated rings. The second kappa shape index (κ2) is 5.94. The van der Waals surface area contributed by atoms with Gasteiger partial charge in [0, 0.05) is 25.2 Å². The van der Waals surface area contributed by atoms with Crippen LogP contribution in [0.1, 0.15) is 24.8 Å². The normalized spacial score (nSPS) is 18.3. The molecule has 1 aliphatic rings. The van der Waals surface area contributed by atoms with E-state index in [1.165, 1.54) is 0 Å². The maximum Gasteiger partial charge on any atom is 0.303 e. The van der Waals surface area contributed by atoms with Crippen LogP contribution >= 0.6 is 11.6 Å². The molecule has 0 amide bonds. The molecule has 1 heterocycles. The minimum atomic E-state index is -0.736. The van der Waals surface area contributed by atoms with Crippen LogP contribution in [0.3, 0.4) is 0 Å². The van der Waals surface area contributed by atoms with E-state index in [0.29, 0.717) is 16.5 Å². The molecule has 4 nitrogen and oxygen atoms in total. The van der Waals surface area contributed by atoms with Crippen molar-refractivity contribution in [1.82, 2.24) is 0 Å². The highest BCUT2D eigenvalue weighted by Crippen LogP contribution is 2.29. The number of halogens is 1. The Morgan fingerprint density at radius 2 is 2.37 bits per heavy atom. The topological polar surface area (TPSA) is 64.3 Å². The maximum atomic E-state index is 10.6. The van der Waals surface area contributed by atoms with E-state index in [1.54, 1.807) is 12.1 Å². The van der Waals surface area contributed by atoms with Crippen LogP contribution in [0.5, 0.6) is 0 Å². The lowest BCUT2D eigenvalue weighted by Gasteiger charge is -2.19. The number of carboxylic acid groups (broad SMARTS) is 1. The molecule has 19 heavy (non-hydrogen) atoms. The van der Waals surface area contributed by atoms with Crippen molar-refractivity contribution in [3.8, 4) is 6.07 Å². The Balaban J connectivity index is 1.99. The molecule has 0 aliphatic carbocycles. The fourth-order valence-electron chi connectivity index (χ4n) is 2.42. The molecule has 1 N–H and O–H groups in total. The summed E-state index contributed by atoms with van der Waals surface area (Å²) in [5.41, 5.74) is 1.48. The van der Waals surface area contributed by atoms with Gasteiger partial charge in [0.05, 0.1) is 10.6 Å². The van der Waals surface area contributed by atoms with Crippen molar-refractivity contribution in [1.29, 1.82) is 5.26 Å². The molecule has 1 aliphatic heterocycles. The summed E-state index contributed by atoms with van der Waals surface area (Å²) in [4.78, 5) is 12.8. The first-order chi connectivity index (χ1) is 9.10. The quantitative estimate of drug-likeness (QED) is 0.920. The second-order valence-electron chi connectivity index (χ2n) is 4.81. The summed E-state index contributed by atoms with van der Waals surface area (Å²) in [6.07, 6.45) is 1.95. The Morgan fingerprint density at radius 3 is 3.00 bits per heavy atom. The number of nitriles is 1. The minimum Gasteiger partial charge on any atom is -0.481 e. The molecule has 0 spiro atoms.